The number of carbonyl (C=O) groups is 1. The predicted molar refractivity (Wildman–Crippen MR) is 78.2 cm³/mol. The topological polar surface area (TPSA) is 32.3 Å². The summed E-state index contributed by atoms with van der Waals surface area (Å²) in [4.78, 5) is 14.4. The van der Waals surface area contributed by atoms with Crippen LogP contribution in [0.5, 0.6) is 0 Å². The van der Waals surface area contributed by atoms with Crippen molar-refractivity contribution in [3.63, 3.8) is 0 Å². The van der Waals surface area contributed by atoms with Gasteiger partial charge in [0.25, 0.3) is 5.91 Å². The fourth-order valence-electron chi connectivity index (χ4n) is 2.37. The molecule has 0 radical (unpaired) electrons. The van der Waals surface area contributed by atoms with E-state index in [1.807, 2.05) is 19.1 Å². The van der Waals surface area contributed by atoms with Gasteiger partial charge in [-0.25, -0.2) is 0 Å². The molecule has 1 atom stereocenters. The number of likely N-dealkylation sites (tertiary alicyclic amines) is 1. The third-order valence-electron chi connectivity index (χ3n) is 3.81. The number of nitrogens with zero attached hydrogens (tertiary/aromatic N) is 1. The first kappa shape index (κ1) is 14.1. The number of benzene rings is 1. The molecule has 1 amide bonds. The fraction of sp³-hybridized carbons (Fsp3) is 0.562. The lowest BCUT2D eigenvalue weighted by Crippen LogP contribution is -2.31. The summed E-state index contributed by atoms with van der Waals surface area (Å²) in [5, 5.41) is 2.99. The van der Waals surface area contributed by atoms with Crippen LogP contribution in [0.3, 0.4) is 0 Å². The number of hydrogen-bond donors (Lipinski definition) is 1. The van der Waals surface area contributed by atoms with Gasteiger partial charge < -0.3 is 5.32 Å². The van der Waals surface area contributed by atoms with Crippen molar-refractivity contribution in [3.05, 3.63) is 35.4 Å². The molecule has 1 aromatic carbocycles. The van der Waals surface area contributed by atoms with Crippen molar-refractivity contribution >= 4 is 5.91 Å². The van der Waals surface area contributed by atoms with Crippen molar-refractivity contribution < 1.29 is 4.79 Å². The van der Waals surface area contributed by atoms with E-state index in [1.165, 1.54) is 31.5 Å². The fourth-order valence-corrected chi connectivity index (χ4v) is 2.37. The van der Waals surface area contributed by atoms with Crippen LogP contribution in [0.1, 0.15) is 49.0 Å². The Hall–Kier alpha value is -1.35. The minimum absolute atomic E-state index is 0.0297. The van der Waals surface area contributed by atoms with Crippen molar-refractivity contribution in [2.24, 2.45) is 0 Å². The third-order valence-corrected chi connectivity index (χ3v) is 3.81. The zero-order valence-electron chi connectivity index (χ0n) is 12.0. The van der Waals surface area contributed by atoms with Crippen LogP contribution in [0.4, 0.5) is 0 Å². The van der Waals surface area contributed by atoms with Crippen LogP contribution in [0.2, 0.25) is 0 Å². The van der Waals surface area contributed by atoms with Crippen molar-refractivity contribution in [3.8, 4) is 0 Å². The zero-order valence-corrected chi connectivity index (χ0v) is 12.0. The van der Waals surface area contributed by atoms with Gasteiger partial charge in [0.15, 0.2) is 0 Å². The van der Waals surface area contributed by atoms with Gasteiger partial charge in [0.1, 0.15) is 0 Å². The quantitative estimate of drug-likeness (QED) is 0.883. The van der Waals surface area contributed by atoms with Crippen molar-refractivity contribution in [1.82, 2.24) is 10.2 Å². The molecule has 1 aromatic rings. The Bertz CT molecular complexity index is 407. The molecule has 0 saturated carbocycles. The second-order valence-corrected chi connectivity index (χ2v) is 5.46. The molecule has 1 heterocycles. The Morgan fingerprint density at radius 2 is 1.89 bits per heavy atom. The molecule has 1 N–H and O–H groups in total. The van der Waals surface area contributed by atoms with E-state index in [1.54, 1.807) is 0 Å². The summed E-state index contributed by atoms with van der Waals surface area (Å²) >= 11 is 0. The van der Waals surface area contributed by atoms with E-state index in [9.17, 15) is 4.79 Å². The first-order valence-corrected chi connectivity index (χ1v) is 7.31. The van der Waals surface area contributed by atoms with Gasteiger partial charge in [0.2, 0.25) is 0 Å². The number of hydrogen-bond acceptors (Lipinski definition) is 2. The molecule has 3 nitrogen and oxygen atoms in total. The molecule has 1 unspecified atom stereocenters. The molecule has 1 aliphatic heterocycles. The summed E-state index contributed by atoms with van der Waals surface area (Å²) in [6, 6.07) is 8.25. The molecule has 1 saturated heterocycles. The van der Waals surface area contributed by atoms with Gasteiger partial charge in [-0.1, -0.05) is 19.1 Å². The second kappa shape index (κ2) is 6.71. The zero-order chi connectivity index (χ0) is 13.7. The van der Waals surface area contributed by atoms with Crippen LogP contribution in [0.15, 0.2) is 24.3 Å². The van der Waals surface area contributed by atoms with E-state index >= 15 is 0 Å². The summed E-state index contributed by atoms with van der Waals surface area (Å²) in [6.45, 7) is 7.52. The lowest BCUT2D eigenvalue weighted by Gasteiger charge is -2.15. The van der Waals surface area contributed by atoms with E-state index in [2.05, 4.69) is 29.3 Å². The smallest absolute Gasteiger partial charge is 0.251 e. The molecule has 19 heavy (non-hydrogen) atoms. The Balaban J connectivity index is 1.91. The van der Waals surface area contributed by atoms with Gasteiger partial charge in [0, 0.05) is 18.2 Å². The van der Waals surface area contributed by atoms with Crippen LogP contribution in [-0.2, 0) is 6.54 Å². The summed E-state index contributed by atoms with van der Waals surface area (Å²) in [6.07, 6.45) is 3.59. The molecule has 0 aliphatic carbocycles. The average molecular weight is 260 g/mol. The van der Waals surface area contributed by atoms with E-state index in [0.717, 1.165) is 18.5 Å². The molecule has 0 aromatic heterocycles. The minimum atomic E-state index is 0.0297. The summed E-state index contributed by atoms with van der Waals surface area (Å²) in [5.41, 5.74) is 2.05. The number of carbonyl (C=O) groups excluding carboxylic acids is 1. The molecule has 1 fully saturated rings. The van der Waals surface area contributed by atoms with E-state index < -0.39 is 0 Å². The van der Waals surface area contributed by atoms with Crippen molar-refractivity contribution in [2.45, 2.75) is 45.7 Å². The highest BCUT2D eigenvalue weighted by atomic mass is 16.1. The largest absolute Gasteiger partial charge is 0.350 e. The monoisotopic (exact) mass is 260 g/mol. The molecular weight excluding hydrogens is 236 g/mol. The van der Waals surface area contributed by atoms with E-state index in [0.29, 0.717) is 0 Å². The van der Waals surface area contributed by atoms with Crippen molar-refractivity contribution in [2.75, 3.05) is 13.1 Å². The summed E-state index contributed by atoms with van der Waals surface area (Å²) in [5.74, 6) is 0.0297. The van der Waals surface area contributed by atoms with Crippen molar-refractivity contribution in [1.29, 1.82) is 0 Å². The highest BCUT2D eigenvalue weighted by molar-refractivity contribution is 5.94. The molecule has 2 rings (SSSR count). The van der Waals surface area contributed by atoms with Gasteiger partial charge in [-0.2, -0.15) is 0 Å². The molecule has 0 spiro atoms. The predicted octanol–water partition coefficient (Wildman–Crippen LogP) is 2.81. The molecule has 3 heteroatoms. The average Bonchev–Trinajstić information content (AvgIpc) is 2.92. The highest BCUT2D eigenvalue weighted by Crippen LogP contribution is 2.13. The molecule has 104 valence electrons. The van der Waals surface area contributed by atoms with Gasteiger partial charge in [-0.15, -0.1) is 0 Å². The SMILES string of the molecule is CCC(C)NC(=O)c1ccc(CN2CCCC2)cc1. The van der Waals surface area contributed by atoms with Crippen LogP contribution >= 0.6 is 0 Å². The van der Waals surface area contributed by atoms with E-state index in [-0.39, 0.29) is 11.9 Å². The Morgan fingerprint density at radius 3 is 2.47 bits per heavy atom. The summed E-state index contributed by atoms with van der Waals surface area (Å²) in [7, 11) is 0. The Morgan fingerprint density at radius 1 is 1.26 bits per heavy atom. The lowest BCUT2D eigenvalue weighted by atomic mass is 10.1. The second-order valence-electron chi connectivity index (χ2n) is 5.46. The van der Waals surface area contributed by atoms with Gasteiger partial charge in [-0.05, 0) is 57.0 Å². The standard InChI is InChI=1S/C16H24N2O/c1-3-13(2)17-16(19)15-8-6-14(7-9-15)12-18-10-4-5-11-18/h6-9,13H,3-5,10-12H2,1-2H3,(H,17,19). The normalized spacial score (nSPS) is 17.4. The third kappa shape index (κ3) is 4.06. The maximum Gasteiger partial charge on any atom is 0.251 e. The molecule has 1 aliphatic rings. The van der Waals surface area contributed by atoms with E-state index in [4.69, 9.17) is 0 Å². The molecule has 0 bridgehead atoms. The minimum Gasteiger partial charge on any atom is -0.350 e. The first-order valence-electron chi connectivity index (χ1n) is 7.31. The van der Waals surface area contributed by atoms with Crippen LogP contribution in [0.25, 0.3) is 0 Å². The summed E-state index contributed by atoms with van der Waals surface area (Å²) < 4.78 is 0. The Labute approximate surface area is 116 Å². The van der Waals surface area contributed by atoms with Gasteiger partial charge in [0.05, 0.1) is 0 Å². The maximum atomic E-state index is 11.9. The number of nitrogens with one attached hydrogen (secondary N) is 1. The lowest BCUT2D eigenvalue weighted by molar-refractivity contribution is 0.0939. The van der Waals surface area contributed by atoms with Gasteiger partial charge >= 0.3 is 0 Å². The number of rotatable bonds is 5. The molecular formula is C16H24N2O. The Kier molecular flexibility index (Phi) is 4.97. The maximum absolute atomic E-state index is 11.9. The van der Waals surface area contributed by atoms with Crippen LogP contribution in [-0.4, -0.2) is 29.9 Å². The number of amides is 1. The highest BCUT2D eigenvalue weighted by Gasteiger charge is 2.12. The first-order chi connectivity index (χ1) is 9.19. The van der Waals surface area contributed by atoms with Gasteiger partial charge in [-0.3, -0.25) is 9.69 Å². The van der Waals surface area contributed by atoms with Crippen LogP contribution < -0.4 is 5.32 Å². The van der Waals surface area contributed by atoms with Crippen LogP contribution in [0, 0.1) is 0 Å².